The average molecular weight is 359 g/mol. The van der Waals surface area contributed by atoms with Gasteiger partial charge in [-0.05, 0) is 58.1 Å². The second kappa shape index (κ2) is 9.82. The van der Waals surface area contributed by atoms with Gasteiger partial charge in [0.25, 0.3) is 5.91 Å². The first kappa shape index (κ1) is 19.8. The molecule has 0 unspecified atom stereocenters. The van der Waals surface area contributed by atoms with E-state index in [4.69, 9.17) is 0 Å². The van der Waals surface area contributed by atoms with E-state index in [1.807, 2.05) is 14.1 Å². The van der Waals surface area contributed by atoms with Crippen LogP contribution in [0.25, 0.3) is 0 Å². The van der Waals surface area contributed by atoms with Gasteiger partial charge in [0, 0.05) is 19.2 Å². The van der Waals surface area contributed by atoms with Crippen LogP contribution in [0, 0.1) is 12.7 Å². The maximum atomic E-state index is 12.9. The molecule has 1 amide bonds. The van der Waals surface area contributed by atoms with Crippen LogP contribution in [0.2, 0.25) is 0 Å². The van der Waals surface area contributed by atoms with Crippen molar-refractivity contribution < 1.29 is 9.18 Å². The normalized spacial score (nSPS) is 10.8. The Kier molecular flexibility index (Phi) is 7.47. The smallest absolute Gasteiger partial charge is 0.270 e. The SMILES string of the molecule is Cc1nc(NCCCN(C)C)cc(C(=O)NCCc2ccc(F)cc2)n1. The van der Waals surface area contributed by atoms with Crippen molar-refractivity contribution in [2.45, 2.75) is 19.8 Å². The number of rotatable bonds is 9. The summed E-state index contributed by atoms with van der Waals surface area (Å²) < 4.78 is 12.9. The number of nitrogens with one attached hydrogen (secondary N) is 2. The van der Waals surface area contributed by atoms with Gasteiger partial charge in [-0.25, -0.2) is 14.4 Å². The molecule has 1 aromatic carbocycles. The van der Waals surface area contributed by atoms with Crippen LogP contribution in [-0.2, 0) is 6.42 Å². The minimum absolute atomic E-state index is 0.242. The molecule has 0 atom stereocenters. The minimum Gasteiger partial charge on any atom is -0.370 e. The molecule has 0 saturated heterocycles. The Morgan fingerprint density at radius 1 is 1.15 bits per heavy atom. The number of aromatic nitrogens is 2. The lowest BCUT2D eigenvalue weighted by molar-refractivity contribution is 0.0949. The van der Waals surface area contributed by atoms with Crippen molar-refractivity contribution in [3.05, 3.63) is 53.2 Å². The fraction of sp³-hybridized carbons (Fsp3) is 0.421. The Morgan fingerprint density at radius 2 is 1.88 bits per heavy atom. The Labute approximate surface area is 153 Å². The summed E-state index contributed by atoms with van der Waals surface area (Å²) in [4.78, 5) is 23.0. The van der Waals surface area contributed by atoms with Crippen LogP contribution >= 0.6 is 0 Å². The topological polar surface area (TPSA) is 70.2 Å². The van der Waals surface area contributed by atoms with Crippen molar-refractivity contribution >= 4 is 11.7 Å². The minimum atomic E-state index is -0.264. The Bertz CT molecular complexity index is 718. The molecule has 0 aliphatic heterocycles. The van der Waals surface area contributed by atoms with E-state index in [2.05, 4.69) is 25.5 Å². The third-order valence-electron chi connectivity index (χ3n) is 3.77. The molecule has 0 aliphatic rings. The summed E-state index contributed by atoms with van der Waals surface area (Å²) in [5.74, 6) is 0.694. The van der Waals surface area contributed by atoms with Gasteiger partial charge in [-0.2, -0.15) is 0 Å². The molecule has 1 aromatic heterocycles. The molecule has 2 aromatic rings. The van der Waals surface area contributed by atoms with Gasteiger partial charge in [0.2, 0.25) is 0 Å². The van der Waals surface area contributed by atoms with Crippen molar-refractivity contribution in [3.8, 4) is 0 Å². The van der Waals surface area contributed by atoms with Gasteiger partial charge in [-0.15, -0.1) is 0 Å². The molecule has 26 heavy (non-hydrogen) atoms. The van der Waals surface area contributed by atoms with Crippen molar-refractivity contribution in [3.63, 3.8) is 0 Å². The third kappa shape index (κ3) is 6.76. The van der Waals surface area contributed by atoms with Gasteiger partial charge < -0.3 is 15.5 Å². The van der Waals surface area contributed by atoms with Gasteiger partial charge in [0.05, 0.1) is 0 Å². The first-order chi connectivity index (χ1) is 12.4. The second-order valence-corrected chi connectivity index (χ2v) is 6.40. The van der Waals surface area contributed by atoms with Gasteiger partial charge >= 0.3 is 0 Å². The standard InChI is InChI=1S/C19H26FN5O/c1-14-23-17(13-18(24-14)21-10-4-12-25(2)3)19(26)22-11-9-15-5-7-16(20)8-6-15/h5-8,13H,4,9-12H2,1-3H3,(H,22,26)(H,21,23,24). The molecular weight excluding hydrogens is 333 g/mol. The number of carbonyl (C=O) groups excluding carboxylic acids is 1. The largest absolute Gasteiger partial charge is 0.370 e. The maximum absolute atomic E-state index is 12.9. The lowest BCUT2D eigenvalue weighted by Gasteiger charge is -2.11. The quantitative estimate of drug-likeness (QED) is 0.672. The highest BCUT2D eigenvalue weighted by Gasteiger charge is 2.10. The number of benzene rings is 1. The summed E-state index contributed by atoms with van der Waals surface area (Å²) in [7, 11) is 4.06. The molecule has 0 fully saturated rings. The van der Waals surface area contributed by atoms with Crippen LogP contribution in [0.15, 0.2) is 30.3 Å². The summed E-state index contributed by atoms with van der Waals surface area (Å²) >= 11 is 0. The average Bonchev–Trinajstić information content (AvgIpc) is 2.60. The second-order valence-electron chi connectivity index (χ2n) is 6.40. The van der Waals surface area contributed by atoms with Crippen LogP contribution in [0.4, 0.5) is 10.2 Å². The molecule has 0 spiro atoms. The molecule has 6 nitrogen and oxygen atoms in total. The zero-order valence-corrected chi connectivity index (χ0v) is 15.6. The molecule has 140 valence electrons. The van der Waals surface area contributed by atoms with Crippen molar-refractivity contribution in [2.75, 3.05) is 39.0 Å². The van der Waals surface area contributed by atoms with E-state index in [0.29, 0.717) is 30.3 Å². The first-order valence-electron chi connectivity index (χ1n) is 8.71. The highest BCUT2D eigenvalue weighted by molar-refractivity contribution is 5.92. The van der Waals surface area contributed by atoms with Crippen LogP contribution < -0.4 is 10.6 Å². The zero-order valence-electron chi connectivity index (χ0n) is 15.6. The van der Waals surface area contributed by atoms with Crippen molar-refractivity contribution in [1.82, 2.24) is 20.2 Å². The van der Waals surface area contributed by atoms with Crippen molar-refractivity contribution in [2.24, 2.45) is 0 Å². The monoisotopic (exact) mass is 359 g/mol. The van der Waals surface area contributed by atoms with Gasteiger partial charge in [-0.1, -0.05) is 12.1 Å². The molecule has 1 heterocycles. The molecule has 2 N–H and O–H groups in total. The fourth-order valence-electron chi connectivity index (χ4n) is 2.45. The van der Waals surface area contributed by atoms with E-state index < -0.39 is 0 Å². The highest BCUT2D eigenvalue weighted by atomic mass is 19.1. The number of hydrogen-bond acceptors (Lipinski definition) is 5. The van der Waals surface area contributed by atoms with Crippen LogP contribution in [0.3, 0.4) is 0 Å². The Balaban J connectivity index is 1.86. The number of aryl methyl sites for hydroxylation is 1. The van der Waals surface area contributed by atoms with Crippen LogP contribution in [0.5, 0.6) is 0 Å². The van der Waals surface area contributed by atoms with E-state index in [0.717, 1.165) is 25.1 Å². The molecular formula is C19H26FN5O. The lowest BCUT2D eigenvalue weighted by Crippen LogP contribution is -2.27. The number of anilines is 1. The van der Waals surface area contributed by atoms with Gasteiger partial charge in [-0.3, -0.25) is 4.79 Å². The summed E-state index contributed by atoms with van der Waals surface area (Å²) in [6.07, 6.45) is 1.61. The van der Waals surface area contributed by atoms with E-state index >= 15 is 0 Å². The number of nitrogens with zero attached hydrogens (tertiary/aromatic N) is 3. The predicted octanol–water partition coefficient (Wildman–Crippen LogP) is 2.26. The number of amides is 1. The summed E-state index contributed by atoms with van der Waals surface area (Å²) in [6, 6.07) is 7.92. The van der Waals surface area contributed by atoms with E-state index in [-0.39, 0.29) is 11.7 Å². The molecule has 0 radical (unpaired) electrons. The van der Waals surface area contributed by atoms with Gasteiger partial charge in [0.15, 0.2) is 0 Å². The van der Waals surface area contributed by atoms with Crippen LogP contribution in [0.1, 0.15) is 28.3 Å². The maximum Gasteiger partial charge on any atom is 0.270 e. The number of hydrogen-bond donors (Lipinski definition) is 2. The molecule has 0 aliphatic carbocycles. The molecule has 0 saturated carbocycles. The first-order valence-corrected chi connectivity index (χ1v) is 8.71. The molecule has 7 heteroatoms. The van der Waals surface area contributed by atoms with Crippen LogP contribution in [-0.4, -0.2) is 54.5 Å². The van der Waals surface area contributed by atoms with Crippen molar-refractivity contribution in [1.29, 1.82) is 0 Å². The van der Waals surface area contributed by atoms with E-state index in [1.165, 1.54) is 12.1 Å². The van der Waals surface area contributed by atoms with E-state index in [1.54, 1.807) is 25.1 Å². The van der Waals surface area contributed by atoms with E-state index in [9.17, 15) is 9.18 Å². The number of halogens is 1. The fourth-order valence-corrected chi connectivity index (χ4v) is 2.45. The highest BCUT2D eigenvalue weighted by Crippen LogP contribution is 2.07. The Morgan fingerprint density at radius 3 is 2.58 bits per heavy atom. The zero-order chi connectivity index (χ0) is 18.9. The number of carbonyl (C=O) groups is 1. The van der Waals surface area contributed by atoms with Gasteiger partial charge in [0.1, 0.15) is 23.2 Å². The molecule has 0 bridgehead atoms. The summed E-state index contributed by atoms with van der Waals surface area (Å²) in [5.41, 5.74) is 1.31. The predicted molar refractivity (Wildman–Crippen MR) is 101 cm³/mol. The summed E-state index contributed by atoms with van der Waals surface area (Å²) in [6.45, 7) is 3.98. The lowest BCUT2D eigenvalue weighted by atomic mass is 10.1. The molecule has 2 rings (SSSR count). The Hall–Kier alpha value is -2.54. The summed E-state index contributed by atoms with van der Waals surface area (Å²) in [5, 5.41) is 6.07. The third-order valence-corrected chi connectivity index (χ3v) is 3.77.